The third-order valence-electron chi connectivity index (χ3n) is 3.78. The van der Waals surface area contributed by atoms with Crippen molar-refractivity contribution in [3.63, 3.8) is 0 Å². The Hall–Kier alpha value is -1.64. The second kappa shape index (κ2) is 7.96. The van der Waals surface area contributed by atoms with Crippen molar-refractivity contribution in [3.05, 3.63) is 59.7 Å². The first kappa shape index (κ1) is 15.7. The predicted molar refractivity (Wildman–Crippen MR) is 89.5 cm³/mol. The van der Waals surface area contributed by atoms with E-state index >= 15 is 0 Å². The molecule has 0 aliphatic rings. The molecule has 0 saturated heterocycles. The zero-order chi connectivity index (χ0) is 15.1. The van der Waals surface area contributed by atoms with E-state index in [0.29, 0.717) is 6.04 Å². The van der Waals surface area contributed by atoms with E-state index in [1.807, 2.05) is 0 Å². The smallest absolute Gasteiger partial charge is 0.0502 e. The van der Waals surface area contributed by atoms with Gasteiger partial charge in [0.1, 0.15) is 0 Å². The van der Waals surface area contributed by atoms with Crippen molar-refractivity contribution in [1.82, 2.24) is 5.32 Å². The number of nitrogens with one attached hydrogen (secondary N) is 1. The zero-order valence-electron chi connectivity index (χ0n) is 13.2. The van der Waals surface area contributed by atoms with E-state index in [4.69, 9.17) is 4.74 Å². The van der Waals surface area contributed by atoms with Gasteiger partial charge in [-0.15, -0.1) is 0 Å². The zero-order valence-corrected chi connectivity index (χ0v) is 13.2. The molecule has 0 amide bonds. The summed E-state index contributed by atoms with van der Waals surface area (Å²) >= 11 is 0. The Morgan fingerprint density at radius 1 is 1.05 bits per heavy atom. The first-order chi connectivity index (χ1) is 10.2. The minimum absolute atomic E-state index is 0.385. The minimum Gasteiger partial charge on any atom is -0.384 e. The van der Waals surface area contributed by atoms with Crippen molar-refractivity contribution < 1.29 is 4.74 Å². The van der Waals surface area contributed by atoms with Crippen LogP contribution < -0.4 is 5.32 Å². The average molecular weight is 283 g/mol. The lowest BCUT2D eigenvalue weighted by molar-refractivity contribution is 0.202. The highest BCUT2D eigenvalue weighted by Crippen LogP contribution is 2.23. The lowest BCUT2D eigenvalue weighted by atomic mass is 9.99. The van der Waals surface area contributed by atoms with Gasteiger partial charge in [-0.3, -0.25) is 0 Å². The summed E-state index contributed by atoms with van der Waals surface area (Å²) in [6, 6.07) is 17.9. The minimum atomic E-state index is 0.385. The molecule has 0 fully saturated rings. The summed E-state index contributed by atoms with van der Waals surface area (Å²) in [5.74, 6) is 0. The van der Waals surface area contributed by atoms with E-state index in [0.717, 1.165) is 19.6 Å². The van der Waals surface area contributed by atoms with Crippen molar-refractivity contribution >= 4 is 0 Å². The highest BCUT2D eigenvalue weighted by Gasteiger charge is 2.05. The Labute approximate surface area is 128 Å². The van der Waals surface area contributed by atoms with Gasteiger partial charge in [-0.1, -0.05) is 49.4 Å². The second-order valence-electron chi connectivity index (χ2n) is 5.34. The molecule has 2 aromatic carbocycles. The molecule has 1 N–H and O–H groups in total. The van der Waals surface area contributed by atoms with Crippen molar-refractivity contribution in [2.45, 2.75) is 26.3 Å². The molecule has 0 radical (unpaired) electrons. The van der Waals surface area contributed by atoms with Crippen LogP contribution in [0.3, 0.4) is 0 Å². The molecule has 2 rings (SSSR count). The molecule has 2 aromatic rings. The third-order valence-corrected chi connectivity index (χ3v) is 3.78. The van der Waals surface area contributed by atoms with Crippen LogP contribution in [-0.2, 0) is 11.2 Å². The third kappa shape index (κ3) is 4.42. The maximum absolute atomic E-state index is 5.12. The molecule has 0 aliphatic carbocycles. The SMILES string of the molecule is CCNC(C)c1cccc(-c2ccc(CCOC)cc2)c1. The first-order valence-electron chi connectivity index (χ1n) is 7.66. The second-order valence-corrected chi connectivity index (χ2v) is 5.34. The molecule has 2 nitrogen and oxygen atoms in total. The van der Waals surface area contributed by atoms with Crippen LogP contribution in [0.5, 0.6) is 0 Å². The van der Waals surface area contributed by atoms with Crippen LogP contribution in [0, 0.1) is 0 Å². The Balaban J connectivity index is 2.16. The van der Waals surface area contributed by atoms with Crippen LogP contribution in [0.4, 0.5) is 0 Å². The van der Waals surface area contributed by atoms with Gasteiger partial charge in [0.05, 0.1) is 6.61 Å². The molecule has 1 atom stereocenters. The fraction of sp³-hybridized carbons (Fsp3) is 0.368. The molecule has 2 heteroatoms. The van der Waals surface area contributed by atoms with Crippen LogP contribution >= 0.6 is 0 Å². The molecule has 112 valence electrons. The highest BCUT2D eigenvalue weighted by molar-refractivity contribution is 5.64. The van der Waals surface area contributed by atoms with Crippen molar-refractivity contribution in [2.24, 2.45) is 0 Å². The Morgan fingerprint density at radius 3 is 2.48 bits per heavy atom. The quantitative estimate of drug-likeness (QED) is 0.821. The van der Waals surface area contributed by atoms with E-state index in [-0.39, 0.29) is 0 Å². The summed E-state index contributed by atoms with van der Waals surface area (Å²) in [5, 5.41) is 3.46. The Kier molecular flexibility index (Phi) is 5.97. The Morgan fingerprint density at radius 2 is 1.81 bits per heavy atom. The normalized spacial score (nSPS) is 12.3. The van der Waals surface area contributed by atoms with Crippen molar-refractivity contribution in [3.8, 4) is 11.1 Å². The van der Waals surface area contributed by atoms with Gasteiger partial charge in [0.25, 0.3) is 0 Å². The maximum Gasteiger partial charge on any atom is 0.0502 e. The molecular weight excluding hydrogens is 258 g/mol. The van der Waals surface area contributed by atoms with Crippen molar-refractivity contribution in [2.75, 3.05) is 20.3 Å². The van der Waals surface area contributed by atoms with Crippen LogP contribution in [0.2, 0.25) is 0 Å². The fourth-order valence-electron chi connectivity index (χ4n) is 2.50. The van der Waals surface area contributed by atoms with Gasteiger partial charge in [0, 0.05) is 13.2 Å². The van der Waals surface area contributed by atoms with Crippen LogP contribution in [0.25, 0.3) is 11.1 Å². The van der Waals surface area contributed by atoms with E-state index in [2.05, 4.69) is 67.7 Å². The van der Waals surface area contributed by atoms with Gasteiger partial charge in [0.2, 0.25) is 0 Å². The largest absolute Gasteiger partial charge is 0.384 e. The number of benzene rings is 2. The van der Waals surface area contributed by atoms with Gasteiger partial charge in [-0.2, -0.15) is 0 Å². The lowest BCUT2D eigenvalue weighted by Crippen LogP contribution is -2.17. The van der Waals surface area contributed by atoms with Crippen LogP contribution in [0.1, 0.15) is 31.0 Å². The van der Waals surface area contributed by atoms with E-state index in [9.17, 15) is 0 Å². The molecule has 1 unspecified atom stereocenters. The fourth-order valence-corrected chi connectivity index (χ4v) is 2.50. The molecule has 0 saturated carbocycles. The number of hydrogen-bond acceptors (Lipinski definition) is 2. The molecule has 0 bridgehead atoms. The Bertz CT molecular complexity index is 548. The molecule has 0 spiro atoms. The number of methoxy groups -OCH3 is 1. The number of rotatable bonds is 7. The predicted octanol–water partition coefficient (Wildman–Crippen LogP) is 4.21. The van der Waals surface area contributed by atoms with Crippen LogP contribution in [-0.4, -0.2) is 20.3 Å². The molecule has 0 aliphatic heterocycles. The molecule has 0 aromatic heterocycles. The standard InChI is InChI=1S/C19H25NO/c1-4-20-15(2)18-6-5-7-19(14-18)17-10-8-16(9-11-17)12-13-21-3/h5-11,14-15,20H,4,12-13H2,1-3H3. The monoisotopic (exact) mass is 283 g/mol. The summed E-state index contributed by atoms with van der Waals surface area (Å²) in [5.41, 5.74) is 5.19. The molecule has 21 heavy (non-hydrogen) atoms. The summed E-state index contributed by atoms with van der Waals surface area (Å²) < 4.78 is 5.12. The van der Waals surface area contributed by atoms with Gasteiger partial charge < -0.3 is 10.1 Å². The van der Waals surface area contributed by atoms with E-state index in [1.165, 1.54) is 22.3 Å². The van der Waals surface area contributed by atoms with Gasteiger partial charge in [-0.05, 0) is 48.2 Å². The summed E-state index contributed by atoms with van der Waals surface area (Å²) in [6.07, 6.45) is 0.967. The lowest BCUT2D eigenvalue weighted by Gasteiger charge is -2.14. The van der Waals surface area contributed by atoms with Gasteiger partial charge in [-0.25, -0.2) is 0 Å². The number of hydrogen-bond donors (Lipinski definition) is 1. The highest BCUT2D eigenvalue weighted by atomic mass is 16.5. The van der Waals surface area contributed by atoms with Crippen LogP contribution in [0.15, 0.2) is 48.5 Å². The topological polar surface area (TPSA) is 21.3 Å². The first-order valence-corrected chi connectivity index (χ1v) is 7.66. The van der Waals surface area contributed by atoms with E-state index in [1.54, 1.807) is 7.11 Å². The summed E-state index contributed by atoms with van der Waals surface area (Å²) in [4.78, 5) is 0. The maximum atomic E-state index is 5.12. The number of ether oxygens (including phenoxy) is 1. The summed E-state index contributed by atoms with van der Waals surface area (Å²) in [7, 11) is 1.74. The summed E-state index contributed by atoms with van der Waals surface area (Å²) in [6.45, 7) is 6.10. The van der Waals surface area contributed by atoms with E-state index < -0.39 is 0 Å². The molecular formula is C19H25NO. The van der Waals surface area contributed by atoms with Gasteiger partial charge >= 0.3 is 0 Å². The molecule has 0 heterocycles. The van der Waals surface area contributed by atoms with Gasteiger partial charge in [0.15, 0.2) is 0 Å². The average Bonchev–Trinajstić information content (AvgIpc) is 2.54. The van der Waals surface area contributed by atoms with Crippen molar-refractivity contribution in [1.29, 1.82) is 0 Å².